The molecule has 0 bridgehead atoms. The van der Waals surface area contributed by atoms with Gasteiger partial charge in [-0.1, -0.05) is 41.9 Å². The third kappa shape index (κ3) is 4.45. The van der Waals surface area contributed by atoms with Crippen LogP contribution in [0.15, 0.2) is 53.6 Å². The Morgan fingerprint density at radius 1 is 1.17 bits per heavy atom. The number of morpholine rings is 1. The Kier molecular flexibility index (Phi) is 6.13. The van der Waals surface area contributed by atoms with Gasteiger partial charge in [0.15, 0.2) is 0 Å². The maximum atomic E-state index is 13.2. The number of carbonyl (C=O) groups is 1. The van der Waals surface area contributed by atoms with E-state index < -0.39 is 0 Å². The van der Waals surface area contributed by atoms with Crippen LogP contribution < -0.4 is 4.74 Å². The first-order valence-electron chi connectivity index (χ1n) is 9.74. The van der Waals surface area contributed by atoms with Gasteiger partial charge in [0.1, 0.15) is 5.75 Å². The summed E-state index contributed by atoms with van der Waals surface area (Å²) in [5.74, 6) is 0.764. The Labute approximate surface area is 175 Å². The highest BCUT2D eigenvalue weighted by atomic mass is 35.5. The zero-order valence-corrected chi connectivity index (χ0v) is 17.1. The van der Waals surface area contributed by atoms with Gasteiger partial charge in [0.05, 0.1) is 38.6 Å². The van der Waals surface area contributed by atoms with E-state index in [2.05, 4.69) is 4.90 Å². The highest BCUT2D eigenvalue weighted by Crippen LogP contribution is 2.35. The van der Waals surface area contributed by atoms with Crippen LogP contribution in [0.4, 0.5) is 0 Å². The van der Waals surface area contributed by atoms with Crippen molar-refractivity contribution in [1.29, 1.82) is 0 Å². The van der Waals surface area contributed by atoms with Crippen molar-refractivity contribution in [2.24, 2.45) is 5.10 Å². The summed E-state index contributed by atoms with van der Waals surface area (Å²) in [6, 6.07) is 15.3. The monoisotopic (exact) mass is 413 g/mol. The average Bonchev–Trinajstić information content (AvgIpc) is 3.20. The van der Waals surface area contributed by atoms with Crippen LogP contribution in [0.2, 0.25) is 5.02 Å². The molecule has 0 aromatic heterocycles. The van der Waals surface area contributed by atoms with E-state index in [0.717, 1.165) is 35.7 Å². The molecule has 29 heavy (non-hydrogen) atoms. The number of ether oxygens (including phenoxy) is 2. The smallest absolute Gasteiger partial charge is 0.257 e. The fourth-order valence-corrected chi connectivity index (χ4v) is 3.95. The highest BCUT2D eigenvalue weighted by molar-refractivity contribution is 6.34. The van der Waals surface area contributed by atoms with E-state index in [0.29, 0.717) is 31.2 Å². The molecule has 2 aromatic carbocycles. The van der Waals surface area contributed by atoms with E-state index in [1.807, 2.05) is 48.5 Å². The highest BCUT2D eigenvalue weighted by Gasteiger charge is 2.34. The van der Waals surface area contributed by atoms with Gasteiger partial charge in [0.25, 0.3) is 5.91 Å². The Balaban J connectivity index is 1.61. The second-order valence-electron chi connectivity index (χ2n) is 7.15. The van der Waals surface area contributed by atoms with Gasteiger partial charge in [-0.05, 0) is 23.8 Å². The summed E-state index contributed by atoms with van der Waals surface area (Å²) in [6.07, 6.45) is 0.616. The summed E-state index contributed by atoms with van der Waals surface area (Å²) in [5, 5.41) is 6.97. The lowest BCUT2D eigenvalue weighted by Gasteiger charge is -2.29. The molecule has 0 radical (unpaired) electrons. The summed E-state index contributed by atoms with van der Waals surface area (Å²) < 4.78 is 10.7. The molecule has 6 nitrogen and oxygen atoms in total. The fraction of sp³-hybridized carbons (Fsp3) is 0.364. The first-order chi connectivity index (χ1) is 14.2. The predicted octanol–water partition coefficient (Wildman–Crippen LogP) is 3.36. The second-order valence-corrected chi connectivity index (χ2v) is 7.55. The summed E-state index contributed by atoms with van der Waals surface area (Å²) in [5.41, 5.74) is 2.72. The summed E-state index contributed by atoms with van der Waals surface area (Å²) >= 11 is 6.40. The number of methoxy groups -OCH3 is 1. The normalized spacial score (nSPS) is 19.9. The molecule has 0 aliphatic carbocycles. The Morgan fingerprint density at radius 3 is 2.59 bits per heavy atom. The van der Waals surface area contributed by atoms with E-state index in [-0.39, 0.29) is 11.9 Å². The minimum atomic E-state index is -0.166. The third-order valence-electron chi connectivity index (χ3n) is 5.31. The van der Waals surface area contributed by atoms with Gasteiger partial charge in [-0.2, -0.15) is 5.10 Å². The molecule has 2 aliphatic rings. The quantitative estimate of drug-likeness (QED) is 0.754. The van der Waals surface area contributed by atoms with Crippen LogP contribution in [0.25, 0.3) is 0 Å². The van der Waals surface area contributed by atoms with Gasteiger partial charge in [0.2, 0.25) is 0 Å². The molecular weight excluding hydrogens is 390 g/mol. The Bertz CT molecular complexity index is 894. The Hall–Kier alpha value is -2.41. The molecule has 1 amide bonds. The number of benzene rings is 2. The molecule has 0 N–H and O–H groups in total. The summed E-state index contributed by atoms with van der Waals surface area (Å²) in [7, 11) is 1.64. The third-order valence-corrected chi connectivity index (χ3v) is 5.64. The van der Waals surface area contributed by atoms with Crippen LogP contribution in [0.1, 0.15) is 23.6 Å². The molecule has 2 heterocycles. The minimum absolute atomic E-state index is 0.0187. The van der Waals surface area contributed by atoms with Crippen molar-refractivity contribution in [2.75, 3.05) is 40.0 Å². The van der Waals surface area contributed by atoms with Crippen LogP contribution in [0, 0.1) is 0 Å². The lowest BCUT2D eigenvalue weighted by molar-refractivity contribution is -0.135. The number of carbonyl (C=O) groups excluding carboxylic acids is 1. The van der Waals surface area contributed by atoms with Crippen molar-refractivity contribution in [3.05, 3.63) is 64.7 Å². The lowest BCUT2D eigenvalue weighted by atomic mass is 9.98. The molecule has 0 spiro atoms. The molecule has 1 unspecified atom stereocenters. The summed E-state index contributed by atoms with van der Waals surface area (Å²) in [6.45, 7) is 3.16. The standard InChI is InChI=1S/C22H24ClN3O3/c1-28-17-8-6-16(7-9-17)21-14-20(18-4-2-3-5-19(18)23)24-26(21)22(27)15-25-10-12-29-13-11-25/h2-9,21H,10-15H2,1H3. The predicted molar refractivity (Wildman–Crippen MR) is 112 cm³/mol. The molecule has 1 fully saturated rings. The number of hydrazone groups is 1. The topological polar surface area (TPSA) is 54.4 Å². The number of hydrogen-bond donors (Lipinski definition) is 0. The van der Waals surface area contributed by atoms with Crippen molar-refractivity contribution in [2.45, 2.75) is 12.5 Å². The number of hydrogen-bond acceptors (Lipinski definition) is 5. The molecule has 152 valence electrons. The molecule has 7 heteroatoms. The molecule has 1 atom stereocenters. The van der Waals surface area contributed by atoms with Crippen molar-refractivity contribution < 1.29 is 14.3 Å². The molecule has 2 aliphatic heterocycles. The lowest BCUT2D eigenvalue weighted by Crippen LogP contribution is -2.43. The van der Waals surface area contributed by atoms with Crippen LogP contribution in [-0.2, 0) is 9.53 Å². The van der Waals surface area contributed by atoms with Crippen molar-refractivity contribution in [3.8, 4) is 5.75 Å². The van der Waals surface area contributed by atoms with Crippen molar-refractivity contribution >= 4 is 23.2 Å². The number of amides is 1. The van der Waals surface area contributed by atoms with E-state index in [4.69, 9.17) is 26.2 Å². The number of nitrogens with zero attached hydrogens (tertiary/aromatic N) is 3. The largest absolute Gasteiger partial charge is 0.497 e. The van der Waals surface area contributed by atoms with Gasteiger partial charge < -0.3 is 9.47 Å². The summed E-state index contributed by atoms with van der Waals surface area (Å²) in [4.78, 5) is 15.3. The van der Waals surface area contributed by atoms with Crippen molar-refractivity contribution in [3.63, 3.8) is 0 Å². The van der Waals surface area contributed by atoms with Crippen LogP contribution in [0.5, 0.6) is 5.75 Å². The van der Waals surface area contributed by atoms with Gasteiger partial charge in [-0.3, -0.25) is 9.69 Å². The van der Waals surface area contributed by atoms with Crippen LogP contribution >= 0.6 is 11.6 Å². The first kappa shape index (κ1) is 19.9. The zero-order chi connectivity index (χ0) is 20.2. The SMILES string of the molecule is COc1ccc(C2CC(c3ccccc3Cl)=NN2C(=O)CN2CCOCC2)cc1. The van der Waals surface area contributed by atoms with Gasteiger partial charge in [-0.25, -0.2) is 5.01 Å². The van der Waals surface area contributed by atoms with Gasteiger partial charge in [0, 0.05) is 30.1 Å². The molecule has 1 saturated heterocycles. The molecule has 4 rings (SSSR count). The fourth-order valence-electron chi connectivity index (χ4n) is 3.71. The number of rotatable bonds is 5. The minimum Gasteiger partial charge on any atom is -0.497 e. The van der Waals surface area contributed by atoms with Gasteiger partial charge >= 0.3 is 0 Å². The van der Waals surface area contributed by atoms with Crippen LogP contribution in [0.3, 0.4) is 0 Å². The first-order valence-corrected chi connectivity index (χ1v) is 10.1. The zero-order valence-electron chi connectivity index (χ0n) is 16.4. The molecule has 0 saturated carbocycles. The maximum absolute atomic E-state index is 13.2. The maximum Gasteiger partial charge on any atom is 0.257 e. The van der Waals surface area contributed by atoms with E-state index in [9.17, 15) is 4.79 Å². The van der Waals surface area contributed by atoms with Gasteiger partial charge in [-0.15, -0.1) is 0 Å². The Morgan fingerprint density at radius 2 is 1.90 bits per heavy atom. The van der Waals surface area contributed by atoms with E-state index in [1.165, 1.54) is 0 Å². The molecule has 2 aromatic rings. The van der Waals surface area contributed by atoms with Crippen LogP contribution in [-0.4, -0.2) is 61.5 Å². The average molecular weight is 414 g/mol. The number of halogens is 1. The second kappa shape index (κ2) is 8.95. The van der Waals surface area contributed by atoms with E-state index >= 15 is 0 Å². The molecular formula is C22H24ClN3O3. The van der Waals surface area contributed by atoms with Crippen molar-refractivity contribution in [1.82, 2.24) is 9.91 Å². The van der Waals surface area contributed by atoms with E-state index in [1.54, 1.807) is 12.1 Å².